The summed E-state index contributed by atoms with van der Waals surface area (Å²) < 4.78 is 5.27. The number of benzene rings is 1. The second kappa shape index (κ2) is 6.55. The molecule has 1 N–H and O–H groups in total. The van der Waals surface area contributed by atoms with Gasteiger partial charge in [-0.3, -0.25) is 0 Å². The van der Waals surface area contributed by atoms with E-state index in [0.717, 1.165) is 18.5 Å². The van der Waals surface area contributed by atoms with Gasteiger partial charge in [0.05, 0.1) is 12.2 Å². The van der Waals surface area contributed by atoms with Crippen molar-refractivity contribution in [3.8, 4) is 0 Å². The molecule has 1 aliphatic heterocycles. The van der Waals surface area contributed by atoms with E-state index in [-0.39, 0.29) is 5.97 Å². The van der Waals surface area contributed by atoms with Gasteiger partial charge >= 0.3 is 5.97 Å². The third-order valence-electron chi connectivity index (χ3n) is 3.30. The summed E-state index contributed by atoms with van der Waals surface area (Å²) in [6.07, 6.45) is 4.62. The Morgan fingerprint density at radius 2 is 2.11 bits per heavy atom. The van der Waals surface area contributed by atoms with Crippen LogP contribution in [0, 0.1) is 6.92 Å². The van der Waals surface area contributed by atoms with E-state index in [9.17, 15) is 4.79 Å². The van der Waals surface area contributed by atoms with Gasteiger partial charge in [-0.25, -0.2) is 4.79 Å². The van der Waals surface area contributed by atoms with E-state index in [1.165, 1.54) is 19.3 Å². The average Bonchev–Trinajstić information content (AvgIpc) is 2.40. The van der Waals surface area contributed by atoms with E-state index in [1.807, 2.05) is 12.1 Å². The first-order valence-corrected chi connectivity index (χ1v) is 6.58. The Balaban J connectivity index is 1.72. The molecule has 3 heteroatoms. The maximum absolute atomic E-state index is 11.7. The highest BCUT2D eigenvalue weighted by Gasteiger charge is 2.13. The lowest BCUT2D eigenvalue weighted by molar-refractivity contribution is 0.0486. The minimum atomic E-state index is -0.245. The summed E-state index contributed by atoms with van der Waals surface area (Å²) in [5.74, 6) is -0.245. The SMILES string of the molecule is [CH2]c1ccc(C(=O)OCCC2CCCCN2)cc1. The van der Waals surface area contributed by atoms with Crippen LogP contribution < -0.4 is 5.32 Å². The summed E-state index contributed by atoms with van der Waals surface area (Å²) in [5, 5.41) is 3.44. The van der Waals surface area contributed by atoms with Crippen LogP contribution in [0.2, 0.25) is 0 Å². The molecule has 1 aliphatic rings. The molecule has 0 spiro atoms. The molecule has 1 saturated heterocycles. The van der Waals surface area contributed by atoms with Gasteiger partial charge in [0.1, 0.15) is 0 Å². The quantitative estimate of drug-likeness (QED) is 0.830. The minimum absolute atomic E-state index is 0.245. The molecular weight excluding hydrogens is 226 g/mol. The van der Waals surface area contributed by atoms with Gasteiger partial charge in [0, 0.05) is 6.04 Å². The number of hydrogen-bond donors (Lipinski definition) is 1. The van der Waals surface area contributed by atoms with Crippen molar-refractivity contribution in [1.29, 1.82) is 0 Å². The summed E-state index contributed by atoms with van der Waals surface area (Å²) in [5.41, 5.74) is 1.50. The Hall–Kier alpha value is -1.35. The minimum Gasteiger partial charge on any atom is -0.462 e. The molecule has 1 aromatic rings. The van der Waals surface area contributed by atoms with Crippen molar-refractivity contribution in [3.63, 3.8) is 0 Å². The predicted octanol–water partition coefficient (Wildman–Crippen LogP) is 2.56. The second-order valence-electron chi connectivity index (χ2n) is 4.77. The van der Waals surface area contributed by atoms with Gasteiger partial charge in [-0.05, 0) is 50.4 Å². The first-order chi connectivity index (χ1) is 8.75. The molecule has 3 nitrogen and oxygen atoms in total. The van der Waals surface area contributed by atoms with Crippen molar-refractivity contribution in [2.75, 3.05) is 13.2 Å². The zero-order valence-corrected chi connectivity index (χ0v) is 10.7. The summed E-state index contributed by atoms with van der Waals surface area (Å²) >= 11 is 0. The fourth-order valence-corrected chi connectivity index (χ4v) is 2.19. The van der Waals surface area contributed by atoms with Gasteiger partial charge in [-0.15, -0.1) is 0 Å². The Morgan fingerprint density at radius 1 is 1.33 bits per heavy atom. The van der Waals surface area contributed by atoms with Crippen LogP contribution in [-0.2, 0) is 4.74 Å². The highest BCUT2D eigenvalue weighted by Crippen LogP contribution is 2.11. The van der Waals surface area contributed by atoms with E-state index in [0.29, 0.717) is 18.2 Å². The third-order valence-corrected chi connectivity index (χ3v) is 3.30. The van der Waals surface area contributed by atoms with Crippen LogP contribution in [-0.4, -0.2) is 25.2 Å². The van der Waals surface area contributed by atoms with Crippen molar-refractivity contribution in [1.82, 2.24) is 5.32 Å². The number of hydrogen-bond acceptors (Lipinski definition) is 3. The topological polar surface area (TPSA) is 38.3 Å². The Morgan fingerprint density at radius 3 is 2.78 bits per heavy atom. The van der Waals surface area contributed by atoms with E-state index in [1.54, 1.807) is 12.1 Å². The normalized spacial score (nSPS) is 19.5. The van der Waals surface area contributed by atoms with Crippen molar-refractivity contribution >= 4 is 5.97 Å². The molecule has 1 radical (unpaired) electrons. The monoisotopic (exact) mass is 246 g/mol. The highest BCUT2D eigenvalue weighted by atomic mass is 16.5. The molecule has 0 amide bonds. The van der Waals surface area contributed by atoms with E-state index in [2.05, 4.69) is 12.2 Å². The van der Waals surface area contributed by atoms with E-state index < -0.39 is 0 Å². The second-order valence-corrected chi connectivity index (χ2v) is 4.77. The first kappa shape index (κ1) is 13.1. The number of ether oxygens (including phenoxy) is 1. The number of esters is 1. The number of rotatable bonds is 4. The largest absolute Gasteiger partial charge is 0.462 e. The molecule has 0 aliphatic carbocycles. The zero-order chi connectivity index (χ0) is 12.8. The summed E-state index contributed by atoms with van der Waals surface area (Å²) in [7, 11) is 0. The van der Waals surface area contributed by atoms with Gasteiger partial charge in [-0.1, -0.05) is 18.6 Å². The van der Waals surface area contributed by atoms with Crippen molar-refractivity contribution in [3.05, 3.63) is 42.3 Å². The van der Waals surface area contributed by atoms with E-state index in [4.69, 9.17) is 4.74 Å². The number of carbonyl (C=O) groups is 1. The number of piperidine rings is 1. The van der Waals surface area contributed by atoms with Crippen LogP contribution >= 0.6 is 0 Å². The molecule has 1 heterocycles. The fraction of sp³-hybridized carbons (Fsp3) is 0.467. The predicted molar refractivity (Wildman–Crippen MR) is 71.4 cm³/mol. The van der Waals surface area contributed by atoms with Crippen LogP contribution in [0.25, 0.3) is 0 Å². The smallest absolute Gasteiger partial charge is 0.338 e. The standard InChI is InChI=1S/C15H20NO2/c1-12-5-7-13(8-6-12)15(17)18-11-9-14-4-2-3-10-16-14/h5-8,14,16H,1-4,9-11H2. The van der Waals surface area contributed by atoms with Crippen molar-refractivity contribution in [2.24, 2.45) is 0 Å². The molecule has 1 atom stereocenters. The maximum atomic E-state index is 11.7. The molecule has 2 rings (SSSR count). The first-order valence-electron chi connectivity index (χ1n) is 6.58. The Labute approximate surface area is 109 Å². The summed E-state index contributed by atoms with van der Waals surface area (Å²) in [6, 6.07) is 7.65. The molecule has 0 saturated carbocycles. The van der Waals surface area contributed by atoms with Crippen LogP contribution in [0.5, 0.6) is 0 Å². The van der Waals surface area contributed by atoms with Crippen LogP contribution in [0.1, 0.15) is 41.6 Å². The van der Waals surface area contributed by atoms with Gasteiger partial charge in [0.15, 0.2) is 0 Å². The molecule has 1 fully saturated rings. The zero-order valence-electron chi connectivity index (χ0n) is 10.7. The molecule has 1 aromatic carbocycles. The van der Waals surface area contributed by atoms with Crippen LogP contribution in [0.4, 0.5) is 0 Å². The maximum Gasteiger partial charge on any atom is 0.338 e. The average molecular weight is 246 g/mol. The molecular formula is C15H20NO2. The van der Waals surface area contributed by atoms with Crippen LogP contribution in [0.15, 0.2) is 24.3 Å². The molecule has 18 heavy (non-hydrogen) atoms. The van der Waals surface area contributed by atoms with Crippen molar-refractivity contribution < 1.29 is 9.53 Å². The highest BCUT2D eigenvalue weighted by molar-refractivity contribution is 5.89. The molecule has 0 bridgehead atoms. The molecule has 1 unspecified atom stereocenters. The van der Waals surface area contributed by atoms with Gasteiger partial charge in [-0.2, -0.15) is 0 Å². The Kier molecular flexibility index (Phi) is 4.76. The van der Waals surface area contributed by atoms with E-state index >= 15 is 0 Å². The summed E-state index contributed by atoms with van der Waals surface area (Å²) in [4.78, 5) is 11.7. The number of nitrogens with one attached hydrogen (secondary N) is 1. The lowest BCUT2D eigenvalue weighted by Gasteiger charge is -2.23. The van der Waals surface area contributed by atoms with Crippen LogP contribution in [0.3, 0.4) is 0 Å². The third kappa shape index (κ3) is 3.84. The van der Waals surface area contributed by atoms with Gasteiger partial charge < -0.3 is 10.1 Å². The lowest BCUT2D eigenvalue weighted by atomic mass is 10.0. The van der Waals surface area contributed by atoms with Crippen molar-refractivity contribution in [2.45, 2.75) is 31.7 Å². The molecule has 97 valence electrons. The van der Waals surface area contributed by atoms with Gasteiger partial charge in [0.2, 0.25) is 0 Å². The summed E-state index contributed by atoms with van der Waals surface area (Å²) in [6.45, 7) is 5.36. The number of carbonyl (C=O) groups excluding carboxylic acids is 1. The molecule has 0 aromatic heterocycles. The lowest BCUT2D eigenvalue weighted by Crippen LogP contribution is -2.35. The Bertz CT molecular complexity index is 380. The van der Waals surface area contributed by atoms with Gasteiger partial charge in [0.25, 0.3) is 0 Å². The fourth-order valence-electron chi connectivity index (χ4n) is 2.19.